The third-order valence-electron chi connectivity index (χ3n) is 0.720. The Morgan fingerprint density at radius 1 is 1.67 bits per heavy atom. The van der Waals surface area contributed by atoms with Crippen LogP contribution in [0.15, 0.2) is 0 Å². The molecule has 0 rings (SSSR count). The van der Waals surface area contributed by atoms with Crippen LogP contribution < -0.4 is 0 Å². The van der Waals surface area contributed by atoms with E-state index in [-0.39, 0.29) is 18.3 Å². The second-order valence-electron chi connectivity index (χ2n) is 1.51. The van der Waals surface area contributed by atoms with Gasteiger partial charge in [0.15, 0.2) is 0 Å². The zero-order chi connectivity index (χ0) is 7.11. The zero-order valence-corrected chi connectivity index (χ0v) is 6.60. The van der Waals surface area contributed by atoms with E-state index in [9.17, 15) is 4.39 Å². The van der Waals surface area contributed by atoms with Gasteiger partial charge in [0.25, 0.3) is 0 Å². The fourth-order valence-electron chi connectivity index (χ4n) is 0.318. The fourth-order valence-corrected chi connectivity index (χ4v) is 0.505. The molecule has 0 fully saturated rings. The van der Waals surface area contributed by atoms with Crippen LogP contribution in [0.3, 0.4) is 0 Å². The van der Waals surface area contributed by atoms with Gasteiger partial charge >= 0.3 is 0 Å². The molecule has 9 heavy (non-hydrogen) atoms. The Bertz CT molecular complexity index is 62.9. The number of alkyl halides is 2. The van der Waals surface area contributed by atoms with Gasteiger partial charge in [0.1, 0.15) is 5.01 Å². The lowest BCUT2D eigenvalue weighted by Gasteiger charge is -2.05. The van der Waals surface area contributed by atoms with E-state index in [0.717, 1.165) is 0 Å². The molecule has 0 aromatic rings. The molecule has 0 aliphatic heterocycles. The summed E-state index contributed by atoms with van der Waals surface area (Å²) in [6.45, 7) is -0.0928. The summed E-state index contributed by atoms with van der Waals surface area (Å²) in [6.07, 6.45) is 0.391. The first kappa shape index (κ1) is 9.33. The van der Waals surface area contributed by atoms with Crippen molar-refractivity contribution < 1.29 is 14.2 Å². The predicted octanol–water partition coefficient (Wildman–Crippen LogP) is 1.08. The maximum absolute atomic E-state index is 11.4. The van der Waals surface area contributed by atoms with Crippen molar-refractivity contribution in [3.8, 4) is 0 Å². The van der Waals surface area contributed by atoms with Crippen LogP contribution in [0, 0.1) is 0 Å². The highest BCUT2D eigenvalue weighted by molar-refractivity contribution is 9.09. The molecule has 0 saturated heterocycles. The molecule has 1 unspecified atom stereocenters. The van der Waals surface area contributed by atoms with Crippen molar-refractivity contribution in [3.63, 3.8) is 0 Å². The Morgan fingerprint density at radius 2 is 2.33 bits per heavy atom. The summed E-state index contributed by atoms with van der Waals surface area (Å²) in [5, 5.41) is 8.03. The van der Waals surface area contributed by atoms with E-state index in [1.54, 1.807) is 0 Å². The van der Waals surface area contributed by atoms with Gasteiger partial charge in [-0.15, -0.1) is 0 Å². The third kappa shape index (κ3) is 6.21. The van der Waals surface area contributed by atoms with E-state index in [1.807, 2.05) is 0 Å². The number of ether oxygens (including phenoxy) is 1. The summed E-state index contributed by atoms with van der Waals surface area (Å²) in [5.41, 5.74) is 0. The molecule has 0 heterocycles. The summed E-state index contributed by atoms with van der Waals surface area (Å²) in [4.78, 5) is 0. The molecular weight excluding hydrogens is 191 g/mol. The highest BCUT2D eigenvalue weighted by atomic mass is 79.9. The molecule has 2 nitrogen and oxygen atoms in total. The lowest BCUT2D eigenvalue weighted by atomic mass is 10.5. The van der Waals surface area contributed by atoms with Crippen LogP contribution in [-0.2, 0) is 4.74 Å². The Morgan fingerprint density at radius 3 is 2.78 bits per heavy atom. The van der Waals surface area contributed by atoms with Crippen molar-refractivity contribution in [2.24, 2.45) is 0 Å². The first-order valence-electron chi connectivity index (χ1n) is 2.73. The largest absolute Gasteiger partial charge is 0.393 e. The van der Waals surface area contributed by atoms with E-state index in [2.05, 4.69) is 15.9 Å². The molecule has 0 aromatic carbocycles. The van der Waals surface area contributed by atoms with E-state index >= 15 is 0 Å². The summed E-state index contributed by atoms with van der Waals surface area (Å²) in [5.74, 6) is 0. The molecule has 0 aromatic heterocycles. The van der Waals surface area contributed by atoms with Crippen molar-refractivity contribution in [3.05, 3.63) is 0 Å². The molecule has 0 aliphatic carbocycles. The molecule has 1 N–H and O–H groups in total. The number of rotatable bonds is 5. The van der Waals surface area contributed by atoms with Gasteiger partial charge in [-0.05, 0) is 6.42 Å². The molecular formula is C5H10BrFO2. The van der Waals surface area contributed by atoms with E-state index in [1.165, 1.54) is 0 Å². The van der Waals surface area contributed by atoms with Crippen molar-refractivity contribution in [1.29, 1.82) is 0 Å². The number of hydrogen-bond acceptors (Lipinski definition) is 2. The summed E-state index contributed by atoms with van der Waals surface area (Å²) in [7, 11) is 0. The normalized spacial score (nSPS) is 13.7. The van der Waals surface area contributed by atoms with E-state index < -0.39 is 0 Å². The minimum absolute atomic E-state index is 0.0771. The van der Waals surface area contributed by atoms with Gasteiger partial charge in [-0.2, -0.15) is 0 Å². The van der Waals surface area contributed by atoms with Crippen LogP contribution in [0.1, 0.15) is 6.42 Å². The third-order valence-corrected chi connectivity index (χ3v) is 1.27. The highest BCUT2D eigenvalue weighted by Crippen LogP contribution is 2.00. The average molecular weight is 201 g/mol. The molecule has 0 radical (unpaired) electrons. The second-order valence-corrected chi connectivity index (χ2v) is 2.53. The number of hydrogen-bond donors (Lipinski definition) is 1. The monoisotopic (exact) mass is 200 g/mol. The summed E-state index contributed by atoms with van der Waals surface area (Å²) in [6, 6.07) is 0. The van der Waals surface area contributed by atoms with Gasteiger partial charge in [0.2, 0.25) is 0 Å². The average Bonchev–Trinajstić information content (AvgIpc) is 1.89. The van der Waals surface area contributed by atoms with Crippen molar-refractivity contribution in [1.82, 2.24) is 0 Å². The van der Waals surface area contributed by atoms with Crippen LogP contribution in [0.5, 0.6) is 0 Å². The molecule has 0 bridgehead atoms. The van der Waals surface area contributed by atoms with Gasteiger partial charge in [0, 0.05) is 0 Å². The number of aliphatic hydroxyl groups excluding tert-OH is 1. The predicted molar refractivity (Wildman–Crippen MR) is 36.3 cm³/mol. The molecule has 0 spiro atoms. The minimum atomic E-state index is -0.370. The Labute approximate surface area is 62.1 Å². The highest BCUT2D eigenvalue weighted by Gasteiger charge is 1.98. The van der Waals surface area contributed by atoms with E-state index in [0.29, 0.717) is 13.0 Å². The molecule has 0 amide bonds. The van der Waals surface area contributed by atoms with E-state index in [4.69, 9.17) is 9.84 Å². The molecule has 4 heteroatoms. The Kier molecular flexibility index (Phi) is 6.69. The summed E-state index contributed by atoms with van der Waals surface area (Å²) < 4.78 is 16.2. The van der Waals surface area contributed by atoms with Crippen LogP contribution in [0.2, 0.25) is 0 Å². The SMILES string of the molecule is OCC(Br)OCCCF. The smallest absolute Gasteiger partial charge is 0.135 e. The van der Waals surface area contributed by atoms with Crippen molar-refractivity contribution in [2.75, 3.05) is 19.9 Å². The maximum atomic E-state index is 11.4. The van der Waals surface area contributed by atoms with Crippen LogP contribution in [-0.4, -0.2) is 30.0 Å². The van der Waals surface area contributed by atoms with Gasteiger partial charge in [-0.3, -0.25) is 4.39 Å². The zero-order valence-electron chi connectivity index (χ0n) is 5.02. The molecule has 0 aliphatic rings. The fraction of sp³-hybridized carbons (Fsp3) is 1.00. The van der Waals surface area contributed by atoms with Gasteiger partial charge < -0.3 is 9.84 Å². The minimum Gasteiger partial charge on any atom is -0.393 e. The van der Waals surface area contributed by atoms with Gasteiger partial charge in [-0.25, -0.2) is 0 Å². The quantitative estimate of drug-likeness (QED) is 0.532. The van der Waals surface area contributed by atoms with Crippen LogP contribution in [0.4, 0.5) is 4.39 Å². The Hall–Kier alpha value is 0.330. The van der Waals surface area contributed by atoms with Crippen molar-refractivity contribution >= 4 is 15.9 Å². The second kappa shape index (κ2) is 6.45. The topological polar surface area (TPSA) is 29.5 Å². The van der Waals surface area contributed by atoms with Crippen LogP contribution in [0.25, 0.3) is 0 Å². The van der Waals surface area contributed by atoms with Gasteiger partial charge in [0.05, 0.1) is 19.9 Å². The van der Waals surface area contributed by atoms with Gasteiger partial charge in [-0.1, -0.05) is 15.9 Å². The molecule has 56 valence electrons. The lowest BCUT2D eigenvalue weighted by Crippen LogP contribution is -2.10. The number of aliphatic hydroxyl groups is 1. The van der Waals surface area contributed by atoms with Crippen molar-refractivity contribution in [2.45, 2.75) is 11.4 Å². The summed E-state index contributed by atoms with van der Waals surface area (Å²) >= 11 is 3.01. The number of halogens is 2. The first-order chi connectivity index (χ1) is 4.31. The van der Waals surface area contributed by atoms with Crippen LogP contribution >= 0.6 is 15.9 Å². The first-order valence-corrected chi connectivity index (χ1v) is 3.65. The Balaban J connectivity index is 2.88. The molecule has 0 saturated carbocycles. The molecule has 1 atom stereocenters. The maximum Gasteiger partial charge on any atom is 0.135 e. The lowest BCUT2D eigenvalue weighted by molar-refractivity contribution is 0.0687. The standard InChI is InChI=1S/C5H10BrFO2/c6-5(4-8)9-3-1-2-7/h5,8H,1-4H2.